The summed E-state index contributed by atoms with van der Waals surface area (Å²) in [6, 6.07) is 11.9. The average Bonchev–Trinajstić information content (AvgIpc) is 2.67. The molecule has 0 N–H and O–H groups in total. The van der Waals surface area contributed by atoms with Gasteiger partial charge in [-0.2, -0.15) is 0 Å². The van der Waals surface area contributed by atoms with Gasteiger partial charge in [0, 0.05) is 0 Å². The molecule has 2 aliphatic rings. The van der Waals surface area contributed by atoms with Crippen LogP contribution in [0.5, 0.6) is 0 Å². The van der Waals surface area contributed by atoms with E-state index in [-0.39, 0.29) is 5.82 Å². The number of unbranched alkanes of at least 4 members (excludes halogenated alkanes) is 2. The van der Waals surface area contributed by atoms with Crippen LogP contribution in [0.15, 0.2) is 36.4 Å². The Morgan fingerprint density at radius 1 is 0.846 bits per heavy atom. The fraction of sp³-hybridized carbons (Fsp3) is 0.600. The number of hydrogen-bond donors (Lipinski definition) is 0. The molecule has 0 saturated heterocycles. The van der Waals surface area contributed by atoms with Crippen LogP contribution in [-0.4, -0.2) is 0 Å². The summed E-state index contributed by atoms with van der Waals surface area (Å²) in [5, 5.41) is 2.21. The van der Waals surface area contributed by atoms with Gasteiger partial charge < -0.3 is 0 Å². The predicted molar refractivity (Wildman–Crippen MR) is 109 cm³/mol. The molecule has 0 radical (unpaired) electrons. The number of rotatable bonds is 5. The minimum Gasteiger partial charge on any atom is -0.207 e. The molecule has 2 fully saturated rings. The summed E-state index contributed by atoms with van der Waals surface area (Å²) in [6.45, 7) is 2.31. The summed E-state index contributed by atoms with van der Waals surface area (Å²) in [4.78, 5) is 0. The highest BCUT2D eigenvalue weighted by Crippen LogP contribution is 2.48. The largest absolute Gasteiger partial charge is 0.207 e. The van der Waals surface area contributed by atoms with Crippen molar-refractivity contribution in [3.8, 4) is 0 Å². The first-order chi connectivity index (χ1) is 12.7. The Labute approximate surface area is 158 Å². The lowest BCUT2D eigenvalue weighted by atomic mass is 9.63. The number of hydrogen-bond acceptors (Lipinski definition) is 0. The lowest BCUT2D eigenvalue weighted by Gasteiger charge is -2.42. The summed E-state index contributed by atoms with van der Waals surface area (Å²) >= 11 is 0. The van der Waals surface area contributed by atoms with E-state index in [2.05, 4.69) is 25.1 Å². The van der Waals surface area contributed by atoms with Gasteiger partial charge in [0.25, 0.3) is 0 Å². The molecule has 0 spiro atoms. The molecular weight excluding hydrogens is 319 g/mol. The molecule has 26 heavy (non-hydrogen) atoms. The van der Waals surface area contributed by atoms with E-state index in [4.69, 9.17) is 0 Å². The lowest BCUT2D eigenvalue weighted by molar-refractivity contribution is 0.113. The minimum atomic E-state index is -0.138. The highest BCUT2D eigenvalue weighted by molar-refractivity contribution is 5.83. The second-order valence-electron chi connectivity index (χ2n) is 8.96. The van der Waals surface area contributed by atoms with Crippen LogP contribution in [0.3, 0.4) is 0 Å². The molecule has 4 rings (SSSR count). The van der Waals surface area contributed by atoms with Crippen LogP contribution in [0.25, 0.3) is 10.8 Å². The average molecular weight is 353 g/mol. The quantitative estimate of drug-likeness (QED) is 0.480. The summed E-state index contributed by atoms with van der Waals surface area (Å²) < 4.78 is 13.4. The summed E-state index contributed by atoms with van der Waals surface area (Å²) in [5.74, 6) is 3.51. The van der Waals surface area contributed by atoms with E-state index >= 15 is 0 Å². The van der Waals surface area contributed by atoms with Crippen LogP contribution >= 0.6 is 0 Å². The van der Waals surface area contributed by atoms with E-state index in [0.717, 1.165) is 23.1 Å². The predicted octanol–water partition coefficient (Wildman–Crippen LogP) is 7.86. The van der Waals surface area contributed by atoms with Crippen molar-refractivity contribution in [2.45, 2.75) is 77.0 Å². The van der Waals surface area contributed by atoms with E-state index in [1.54, 1.807) is 12.1 Å². The molecule has 2 aromatic rings. The highest BCUT2D eigenvalue weighted by atomic mass is 19.1. The zero-order valence-corrected chi connectivity index (χ0v) is 16.2. The molecule has 2 saturated carbocycles. The van der Waals surface area contributed by atoms with Gasteiger partial charge in [-0.05, 0) is 84.2 Å². The van der Waals surface area contributed by atoms with Crippen LogP contribution in [-0.2, 0) is 0 Å². The number of benzene rings is 2. The number of halogens is 1. The Kier molecular flexibility index (Phi) is 5.62. The monoisotopic (exact) mass is 352 g/mol. The van der Waals surface area contributed by atoms with Gasteiger partial charge in [0.05, 0.1) is 0 Å². The molecule has 0 aromatic heterocycles. The van der Waals surface area contributed by atoms with Crippen molar-refractivity contribution >= 4 is 10.8 Å². The molecule has 2 aliphatic carbocycles. The maximum Gasteiger partial charge on any atom is 0.123 e. The fourth-order valence-electron chi connectivity index (χ4n) is 5.72. The normalized spacial score (nSPS) is 28.8. The van der Waals surface area contributed by atoms with E-state index < -0.39 is 0 Å². The molecule has 140 valence electrons. The van der Waals surface area contributed by atoms with Crippen molar-refractivity contribution in [2.24, 2.45) is 17.8 Å². The zero-order chi connectivity index (χ0) is 17.9. The van der Waals surface area contributed by atoms with E-state index in [1.807, 2.05) is 6.07 Å². The molecule has 2 aromatic carbocycles. The van der Waals surface area contributed by atoms with Crippen LogP contribution in [0, 0.1) is 23.6 Å². The van der Waals surface area contributed by atoms with Crippen LogP contribution in [0.4, 0.5) is 4.39 Å². The first-order valence-electron chi connectivity index (χ1n) is 10.9. The second kappa shape index (κ2) is 8.11. The molecule has 0 bridgehead atoms. The van der Waals surface area contributed by atoms with Crippen molar-refractivity contribution in [1.82, 2.24) is 0 Å². The fourth-order valence-corrected chi connectivity index (χ4v) is 5.72. The molecule has 0 aliphatic heterocycles. The molecule has 0 nitrogen and oxygen atoms in total. The maximum absolute atomic E-state index is 13.4. The van der Waals surface area contributed by atoms with Gasteiger partial charge in [-0.15, -0.1) is 0 Å². The van der Waals surface area contributed by atoms with Crippen molar-refractivity contribution in [3.05, 3.63) is 47.8 Å². The Balaban J connectivity index is 1.39. The smallest absolute Gasteiger partial charge is 0.123 e. The van der Waals surface area contributed by atoms with E-state index in [1.165, 1.54) is 75.2 Å². The molecule has 0 heterocycles. The van der Waals surface area contributed by atoms with Crippen LogP contribution in [0.2, 0.25) is 0 Å². The zero-order valence-electron chi connectivity index (χ0n) is 16.2. The molecule has 4 atom stereocenters. The second-order valence-corrected chi connectivity index (χ2v) is 8.96. The molecular formula is C25H33F. The number of fused-ring (bicyclic) bond motifs is 2. The Bertz CT molecular complexity index is 734. The van der Waals surface area contributed by atoms with Crippen molar-refractivity contribution < 1.29 is 4.39 Å². The molecule has 1 heteroatoms. The summed E-state index contributed by atoms with van der Waals surface area (Å²) in [7, 11) is 0. The summed E-state index contributed by atoms with van der Waals surface area (Å²) in [6.07, 6.45) is 14.2. The van der Waals surface area contributed by atoms with Gasteiger partial charge in [0.2, 0.25) is 0 Å². The van der Waals surface area contributed by atoms with Gasteiger partial charge in [0.15, 0.2) is 0 Å². The Morgan fingerprint density at radius 3 is 2.50 bits per heavy atom. The van der Waals surface area contributed by atoms with E-state index in [9.17, 15) is 4.39 Å². The lowest BCUT2D eigenvalue weighted by Crippen LogP contribution is -2.30. The molecule has 0 amide bonds. The molecule has 2 unspecified atom stereocenters. The Morgan fingerprint density at radius 2 is 1.62 bits per heavy atom. The standard InChI is InChI=1S/C25H33F/c1-2-3-4-5-18-6-7-20-15-21(9-8-19(20)14-18)22-10-11-24-17-25(26)13-12-23(24)16-22/h10-13,16-21H,2-9,14-15H2,1H3/t18-,19?,20-,21?/m1/s1. The summed E-state index contributed by atoms with van der Waals surface area (Å²) in [5.41, 5.74) is 1.48. The highest BCUT2D eigenvalue weighted by Gasteiger charge is 2.35. The van der Waals surface area contributed by atoms with Gasteiger partial charge >= 0.3 is 0 Å². The van der Waals surface area contributed by atoms with Crippen molar-refractivity contribution in [3.63, 3.8) is 0 Å². The SMILES string of the molecule is CCCCC[C@@H]1CC[C@@H]2CC(c3ccc4cc(F)ccc4c3)CCC2C1. The topological polar surface area (TPSA) is 0 Å². The van der Waals surface area contributed by atoms with Crippen molar-refractivity contribution in [2.75, 3.05) is 0 Å². The van der Waals surface area contributed by atoms with Gasteiger partial charge in [-0.25, -0.2) is 4.39 Å². The van der Waals surface area contributed by atoms with Gasteiger partial charge in [-0.3, -0.25) is 0 Å². The minimum absolute atomic E-state index is 0.138. The first kappa shape index (κ1) is 18.0. The third kappa shape index (κ3) is 3.97. The van der Waals surface area contributed by atoms with E-state index in [0.29, 0.717) is 5.92 Å². The Hall–Kier alpha value is -1.37. The third-order valence-electron chi connectivity index (χ3n) is 7.24. The first-order valence-corrected chi connectivity index (χ1v) is 10.9. The van der Waals surface area contributed by atoms with Gasteiger partial charge in [0.1, 0.15) is 5.82 Å². The van der Waals surface area contributed by atoms with Crippen LogP contribution < -0.4 is 0 Å². The third-order valence-corrected chi connectivity index (χ3v) is 7.24. The van der Waals surface area contributed by atoms with Gasteiger partial charge in [-0.1, -0.05) is 63.3 Å². The maximum atomic E-state index is 13.4. The van der Waals surface area contributed by atoms with Crippen molar-refractivity contribution in [1.29, 1.82) is 0 Å². The van der Waals surface area contributed by atoms with Crippen LogP contribution in [0.1, 0.15) is 82.6 Å².